The molecule has 94 valence electrons. The van der Waals surface area contributed by atoms with Gasteiger partial charge >= 0.3 is 0 Å². The zero-order chi connectivity index (χ0) is 12.7. The number of rotatable bonds is 6. The van der Waals surface area contributed by atoms with Crippen molar-refractivity contribution in [2.24, 2.45) is 5.92 Å². The van der Waals surface area contributed by atoms with Gasteiger partial charge in [0.2, 0.25) is 5.95 Å². The summed E-state index contributed by atoms with van der Waals surface area (Å²) < 4.78 is 0. The highest BCUT2D eigenvalue weighted by Gasteiger charge is 2.08. The third-order valence-electron chi connectivity index (χ3n) is 2.09. The van der Waals surface area contributed by atoms with Crippen molar-refractivity contribution < 1.29 is 4.79 Å². The number of nitrogens with one attached hydrogen (secondary N) is 2. The molecule has 0 aromatic carbocycles. The summed E-state index contributed by atoms with van der Waals surface area (Å²) in [6.45, 7) is 7.62. The average Bonchev–Trinajstić information content (AvgIpc) is 2.33. The van der Waals surface area contributed by atoms with E-state index < -0.39 is 0 Å². The van der Waals surface area contributed by atoms with Crippen LogP contribution in [0.3, 0.4) is 0 Å². The largest absolute Gasteiger partial charge is 0.354 e. The maximum Gasteiger partial charge on any atom is 0.270 e. The van der Waals surface area contributed by atoms with Gasteiger partial charge in [0.15, 0.2) is 0 Å². The third-order valence-corrected chi connectivity index (χ3v) is 2.09. The molecule has 5 nitrogen and oxygen atoms in total. The van der Waals surface area contributed by atoms with E-state index >= 15 is 0 Å². The molecule has 0 aliphatic heterocycles. The number of anilines is 1. The molecular weight excluding hydrogens is 216 g/mol. The van der Waals surface area contributed by atoms with Gasteiger partial charge in [-0.1, -0.05) is 20.8 Å². The summed E-state index contributed by atoms with van der Waals surface area (Å²) in [4.78, 5) is 20.0. The van der Waals surface area contributed by atoms with Crippen LogP contribution in [0.25, 0.3) is 0 Å². The van der Waals surface area contributed by atoms with E-state index in [4.69, 9.17) is 0 Å². The highest BCUT2D eigenvalue weighted by molar-refractivity contribution is 5.92. The van der Waals surface area contributed by atoms with Gasteiger partial charge in [0.25, 0.3) is 5.91 Å². The Balaban J connectivity index is 2.60. The van der Waals surface area contributed by atoms with Crippen LogP contribution < -0.4 is 10.6 Å². The second-order valence-electron chi connectivity index (χ2n) is 4.30. The molecular formula is C12H20N4O. The van der Waals surface area contributed by atoms with E-state index in [1.807, 2.05) is 0 Å². The van der Waals surface area contributed by atoms with Crippen molar-refractivity contribution >= 4 is 11.9 Å². The fraction of sp³-hybridized carbons (Fsp3) is 0.583. The molecule has 0 atom stereocenters. The molecule has 1 rings (SSSR count). The van der Waals surface area contributed by atoms with Gasteiger partial charge in [0.05, 0.1) is 0 Å². The van der Waals surface area contributed by atoms with Crippen LogP contribution in [0, 0.1) is 5.92 Å². The maximum atomic E-state index is 11.7. The van der Waals surface area contributed by atoms with Gasteiger partial charge in [0.1, 0.15) is 5.69 Å². The summed E-state index contributed by atoms with van der Waals surface area (Å²) in [5, 5.41) is 5.88. The molecule has 1 aromatic heterocycles. The predicted octanol–water partition coefficient (Wildman–Crippen LogP) is 1.68. The summed E-state index contributed by atoms with van der Waals surface area (Å²) >= 11 is 0. The molecule has 0 bridgehead atoms. The topological polar surface area (TPSA) is 66.9 Å². The molecule has 0 aliphatic rings. The van der Waals surface area contributed by atoms with Crippen molar-refractivity contribution in [2.75, 3.05) is 18.4 Å². The lowest BCUT2D eigenvalue weighted by molar-refractivity contribution is 0.0944. The lowest BCUT2D eigenvalue weighted by Gasteiger charge is -2.08. The molecule has 2 N–H and O–H groups in total. The first-order valence-electron chi connectivity index (χ1n) is 5.98. The second kappa shape index (κ2) is 6.83. The highest BCUT2D eigenvalue weighted by atomic mass is 16.1. The molecule has 0 fully saturated rings. The minimum atomic E-state index is -0.152. The molecule has 1 heterocycles. The minimum Gasteiger partial charge on any atom is -0.354 e. The zero-order valence-electron chi connectivity index (χ0n) is 10.7. The predicted molar refractivity (Wildman–Crippen MR) is 68.0 cm³/mol. The smallest absolute Gasteiger partial charge is 0.270 e. The number of hydrogen-bond acceptors (Lipinski definition) is 4. The van der Waals surface area contributed by atoms with E-state index in [0.717, 1.165) is 13.0 Å². The summed E-state index contributed by atoms with van der Waals surface area (Å²) in [6, 6.07) is 1.62. The average molecular weight is 236 g/mol. The van der Waals surface area contributed by atoms with E-state index in [-0.39, 0.29) is 5.91 Å². The summed E-state index contributed by atoms with van der Waals surface area (Å²) in [5.74, 6) is 0.781. The number of carbonyl (C=O) groups is 1. The Morgan fingerprint density at radius 3 is 2.88 bits per heavy atom. The first-order chi connectivity index (χ1) is 8.13. The standard InChI is InChI=1S/C12H20N4O/c1-4-6-13-12-14-7-5-10(16-12)11(17)15-8-9(2)3/h5,7,9H,4,6,8H2,1-3H3,(H,15,17)(H,13,14,16). The van der Waals surface area contributed by atoms with Gasteiger partial charge in [-0.3, -0.25) is 4.79 Å². The Morgan fingerprint density at radius 1 is 1.47 bits per heavy atom. The van der Waals surface area contributed by atoms with Crippen LogP contribution in [0.2, 0.25) is 0 Å². The number of carbonyl (C=O) groups excluding carboxylic acids is 1. The zero-order valence-corrected chi connectivity index (χ0v) is 10.7. The van der Waals surface area contributed by atoms with Crippen molar-refractivity contribution in [3.63, 3.8) is 0 Å². The SMILES string of the molecule is CCCNc1nccc(C(=O)NCC(C)C)n1. The summed E-state index contributed by atoms with van der Waals surface area (Å²) in [6.07, 6.45) is 2.59. The van der Waals surface area contributed by atoms with Crippen LogP contribution in [-0.4, -0.2) is 29.0 Å². The van der Waals surface area contributed by atoms with Gasteiger partial charge in [-0.2, -0.15) is 0 Å². The normalized spacial score (nSPS) is 10.4. The van der Waals surface area contributed by atoms with E-state index in [1.165, 1.54) is 0 Å². The van der Waals surface area contributed by atoms with E-state index in [1.54, 1.807) is 12.3 Å². The number of nitrogens with zero attached hydrogens (tertiary/aromatic N) is 2. The van der Waals surface area contributed by atoms with Crippen molar-refractivity contribution in [3.8, 4) is 0 Å². The van der Waals surface area contributed by atoms with Crippen LogP contribution in [-0.2, 0) is 0 Å². The summed E-state index contributed by atoms with van der Waals surface area (Å²) in [7, 11) is 0. The number of hydrogen-bond donors (Lipinski definition) is 2. The van der Waals surface area contributed by atoms with E-state index in [0.29, 0.717) is 24.1 Å². The van der Waals surface area contributed by atoms with Crippen LogP contribution in [0.15, 0.2) is 12.3 Å². The van der Waals surface area contributed by atoms with Crippen molar-refractivity contribution in [1.82, 2.24) is 15.3 Å². The molecule has 0 spiro atoms. The van der Waals surface area contributed by atoms with E-state index in [2.05, 4.69) is 41.4 Å². The van der Waals surface area contributed by atoms with Gasteiger partial charge < -0.3 is 10.6 Å². The quantitative estimate of drug-likeness (QED) is 0.788. The van der Waals surface area contributed by atoms with Gasteiger partial charge in [-0.25, -0.2) is 9.97 Å². The van der Waals surface area contributed by atoms with Gasteiger partial charge in [-0.15, -0.1) is 0 Å². The van der Waals surface area contributed by atoms with Crippen LogP contribution >= 0.6 is 0 Å². The molecule has 0 radical (unpaired) electrons. The number of aromatic nitrogens is 2. The molecule has 0 saturated heterocycles. The Morgan fingerprint density at radius 2 is 2.24 bits per heavy atom. The molecule has 0 unspecified atom stereocenters. The van der Waals surface area contributed by atoms with Gasteiger partial charge in [-0.05, 0) is 18.4 Å². The fourth-order valence-corrected chi connectivity index (χ4v) is 1.19. The lowest BCUT2D eigenvalue weighted by atomic mass is 10.2. The van der Waals surface area contributed by atoms with Crippen LogP contribution in [0.4, 0.5) is 5.95 Å². The first-order valence-corrected chi connectivity index (χ1v) is 5.98. The Kier molecular flexibility index (Phi) is 5.39. The van der Waals surface area contributed by atoms with Crippen molar-refractivity contribution in [2.45, 2.75) is 27.2 Å². The minimum absolute atomic E-state index is 0.152. The summed E-state index contributed by atoms with van der Waals surface area (Å²) in [5.41, 5.74) is 0.402. The monoisotopic (exact) mass is 236 g/mol. The molecule has 1 amide bonds. The molecule has 5 heteroatoms. The Bertz CT molecular complexity index is 365. The fourth-order valence-electron chi connectivity index (χ4n) is 1.19. The maximum absolute atomic E-state index is 11.7. The van der Waals surface area contributed by atoms with Crippen molar-refractivity contribution in [3.05, 3.63) is 18.0 Å². The molecule has 0 aliphatic carbocycles. The first kappa shape index (κ1) is 13.4. The van der Waals surface area contributed by atoms with Crippen LogP contribution in [0.1, 0.15) is 37.7 Å². The van der Waals surface area contributed by atoms with Gasteiger partial charge in [0, 0.05) is 19.3 Å². The second-order valence-corrected chi connectivity index (χ2v) is 4.30. The molecule has 0 saturated carbocycles. The Hall–Kier alpha value is -1.65. The molecule has 1 aromatic rings. The lowest BCUT2D eigenvalue weighted by Crippen LogP contribution is -2.28. The Labute approximate surface area is 102 Å². The highest BCUT2D eigenvalue weighted by Crippen LogP contribution is 2.01. The number of amides is 1. The van der Waals surface area contributed by atoms with Crippen LogP contribution in [0.5, 0.6) is 0 Å². The third kappa shape index (κ3) is 4.80. The van der Waals surface area contributed by atoms with E-state index in [9.17, 15) is 4.79 Å². The van der Waals surface area contributed by atoms with Crippen molar-refractivity contribution in [1.29, 1.82) is 0 Å². The molecule has 17 heavy (non-hydrogen) atoms.